The molecule has 0 aliphatic heterocycles. The number of nitrogens with zero attached hydrogens (tertiary/aromatic N) is 3. The van der Waals surface area contributed by atoms with E-state index in [2.05, 4.69) is 46.7 Å². The number of carbonyl (C=O) groups is 1. The summed E-state index contributed by atoms with van der Waals surface area (Å²) in [5, 5.41) is 12.4. The van der Waals surface area contributed by atoms with Crippen molar-refractivity contribution in [1.29, 1.82) is 0 Å². The highest BCUT2D eigenvalue weighted by Crippen LogP contribution is 2.31. The van der Waals surface area contributed by atoms with E-state index in [0.29, 0.717) is 0 Å². The Bertz CT molecular complexity index is 1030. The molecule has 4 rings (SSSR count). The van der Waals surface area contributed by atoms with E-state index in [1.165, 1.54) is 22.9 Å². The molecular weight excluding hydrogens is 380 g/mol. The summed E-state index contributed by atoms with van der Waals surface area (Å²) in [6.45, 7) is 3.99. The van der Waals surface area contributed by atoms with Crippen molar-refractivity contribution in [3.05, 3.63) is 65.2 Å². The maximum atomic E-state index is 12.9. The first-order chi connectivity index (χ1) is 14.0. The first-order valence-corrected chi connectivity index (χ1v) is 10.9. The summed E-state index contributed by atoms with van der Waals surface area (Å²) in [6, 6.07) is 16.6. The van der Waals surface area contributed by atoms with Crippen LogP contribution in [-0.4, -0.2) is 25.9 Å². The number of aromatic nitrogens is 3. The van der Waals surface area contributed by atoms with Gasteiger partial charge in [0, 0.05) is 12.6 Å². The molecule has 0 fully saturated rings. The van der Waals surface area contributed by atoms with Gasteiger partial charge in [0.2, 0.25) is 5.91 Å². The van der Waals surface area contributed by atoms with E-state index in [-0.39, 0.29) is 17.2 Å². The molecule has 2 aromatic carbocycles. The van der Waals surface area contributed by atoms with Gasteiger partial charge in [0.15, 0.2) is 11.0 Å². The number of rotatable bonds is 5. The minimum Gasteiger partial charge on any atom is -0.348 e. The molecule has 0 saturated heterocycles. The van der Waals surface area contributed by atoms with Gasteiger partial charge in [0.25, 0.3) is 0 Å². The first-order valence-electron chi connectivity index (χ1n) is 10.0. The van der Waals surface area contributed by atoms with E-state index in [1.54, 1.807) is 0 Å². The van der Waals surface area contributed by atoms with Crippen LogP contribution in [0.1, 0.15) is 42.5 Å². The van der Waals surface area contributed by atoms with Crippen LogP contribution in [0.5, 0.6) is 0 Å². The fraction of sp³-hybridized carbons (Fsp3) is 0.348. The van der Waals surface area contributed by atoms with Gasteiger partial charge in [-0.25, -0.2) is 0 Å². The van der Waals surface area contributed by atoms with Crippen molar-refractivity contribution in [3.63, 3.8) is 0 Å². The van der Waals surface area contributed by atoms with Crippen LogP contribution in [0.15, 0.2) is 53.7 Å². The lowest BCUT2D eigenvalue weighted by molar-refractivity contribution is -0.121. The molecule has 5 nitrogen and oxygen atoms in total. The number of thioether (sulfide) groups is 1. The number of nitrogens with one attached hydrogen (secondary N) is 1. The van der Waals surface area contributed by atoms with Crippen molar-refractivity contribution in [2.24, 2.45) is 7.05 Å². The monoisotopic (exact) mass is 406 g/mol. The molecule has 1 N–H and O–H groups in total. The van der Waals surface area contributed by atoms with E-state index in [0.717, 1.165) is 41.4 Å². The molecule has 1 aliphatic rings. The Hall–Kier alpha value is -2.60. The molecule has 0 spiro atoms. The number of benzene rings is 2. The highest BCUT2D eigenvalue weighted by atomic mass is 32.2. The molecule has 0 saturated carbocycles. The van der Waals surface area contributed by atoms with E-state index in [4.69, 9.17) is 0 Å². The number of hydrogen-bond donors (Lipinski definition) is 1. The zero-order valence-electron chi connectivity index (χ0n) is 17.1. The van der Waals surface area contributed by atoms with Gasteiger partial charge in [0.1, 0.15) is 0 Å². The minimum absolute atomic E-state index is 0.0390. The summed E-state index contributed by atoms with van der Waals surface area (Å²) in [6.07, 6.45) is 3.18. The second kappa shape index (κ2) is 8.41. The smallest absolute Gasteiger partial charge is 0.233 e. The van der Waals surface area contributed by atoms with Gasteiger partial charge in [-0.15, -0.1) is 10.2 Å². The first kappa shape index (κ1) is 19.7. The molecule has 0 radical (unpaired) electrons. The second-order valence-electron chi connectivity index (χ2n) is 7.59. The topological polar surface area (TPSA) is 59.8 Å². The maximum Gasteiger partial charge on any atom is 0.233 e. The predicted molar refractivity (Wildman–Crippen MR) is 117 cm³/mol. The van der Waals surface area contributed by atoms with Gasteiger partial charge in [-0.3, -0.25) is 4.79 Å². The van der Waals surface area contributed by atoms with Crippen LogP contribution in [0.2, 0.25) is 0 Å². The van der Waals surface area contributed by atoms with Crippen molar-refractivity contribution < 1.29 is 4.79 Å². The number of fused-ring (bicyclic) bond motifs is 1. The van der Waals surface area contributed by atoms with Crippen molar-refractivity contribution in [2.45, 2.75) is 49.6 Å². The predicted octanol–water partition coefficient (Wildman–Crippen LogP) is 4.46. The molecule has 1 aromatic heterocycles. The van der Waals surface area contributed by atoms with E-state index in [9.17, 15) is 4.79 Å². The van der Waals surface area contributed by atoms with Crippen molar-refractivity contribution in [1.82, 2.24) is 20.1 Å². The lowest BCUT2D eigenvalue weighted by Crippen LogP contribution is -2.36. The van der Waals surface area contributed by atoms with Crippen LogP contribution in [0.4, 0.5) is 0 Å². The maximum absolute atomic E-state index is 12.9. The molecule has 150 valence electrons. The summed E-state index contributed by atoms with van der Waals surface area (Å²) in [5.74, 6) is 0.858. The Labute approximate surface area is 175 Å². The zero-order chi connectivity index (χ0) is 20.4. The largest absolute Gasteiger partial charge is 0.348 e. The van der Waals surface area contributed by atoms with Crippen LogP contribution in [0, 0.1) is 6.92 Å². The van der Waals surface area contributed by atoms with Crippen LogP contribution >= 0.6 is 11.8 Å². The molecule has 3 aromatic rings. The van der Waals surface area contributed by atoms with Crippen molar-refractivity contribution >= 4 is 17.7 Å². The number of hydrogen-bond acceptors (Lipinski definition) is 4. The standard InChI is InChI=1S/C23H26N4OS/c1-15-9-4-6-12-18(15)21-25-26-23(27(21)3)29-16(2)22(28)24-20-14-8-11-17-10-5-7-13-19(17)20/h4-7,9-10,12-13,16,20H,8,11,14H2,1-3H3,(H,24,28)/t16-,20+/m1/s1. The molecule has 29 heavy (non-hydrogen) atoms. The fourth-order valence-electron chi connectivity index (χ4n) is 3.88. The third kappa shape index (κ3) is 4.08. The number of aryl methyl sites for hydroxylation is 2. The minimum atomic E-state index is -0.253. The number of carbonyl (C=O) groups excluding carboxylic acids is 1. The van der Waals surface area contributed by atoms with Crippen molar-refractivity contribution in [2.75, 3.05) is 0 Å². The quantitative estimate of drug-likeness (QED) is 0.635. The zero-order valence-corrected chi connectivity index (χ0v) is 17.9. The highest BCUT2D eigenvalue weighted by Gasteiger charge is 2.25. The van der Waals surface area contributed by atoms with E-state index >= 15 is 0 Å². The van der Waals surface area contributed by atoms with Crippen LogP contribution in [-0.2, 0) is 18.3 Å². The third-order valence-electron chi connectivity index (χ3n) is 5.56. The number of amides is 1. The Kier molecular flexibility index (Phi) is 5.72. The molecule has 1 amide bonds. The molecule has 6 heteroatoms. The van der Waals surface area contributed by atoms with Gasteiger partial charge in [-0.05, 0) is 49.8 Å². The van der Waals surface area contributed by atoms with E-state index < -0.39 is 0 Å². The molecule has 1 aliphatic carbocycles. The van der Waals surface area contributed by atoms with Gasteiger partial charge < -0.3 is 9.88 Å². The van der Waals surface area contributed by atoms with Crippen LogP contribution < -0.4 is 5.32 Å². The lowest BCUT2D eigenvalue weighted by Gasteiger charge is -2.27. The normalized spacial score (nSPS) is 16.9. The Balaban J connectivity index is 1.46. The summed E-state index contributed by atoms with van der Waals surface area (Å²) in [7, 11) is 1.95. The molecule has 0 bridgehead atoms. The molecule has 1 heterocycles. The lowest BCUT2D eigenvalue weighted by atomic mass is 9.88. The molecule has 0 unspecified atom stereocenters. The summed E-state index contributed by atoms with van der Waals surface area (Å²) in [5.41, 5.74) is 4.82. The van der Waals surface area contributed by atoms with Gasteiger partial charge >= 0.3 is 0 Å². The van der Waals surface area contributed by atoms with Gasteiger partial charge in [0.05, 0.1) is 11.3 Å². The average Bonchev–Trinajstić information content (AvgIpc) is 3.08. The van der Waals surface area contributed by atoms with Gasteiger partial charge in [-0.2, -0.15) is 0 Å². The Morgan fingerprint density at radius 1 is 1.17 bits per heavy atom. The fourth-order valence-corrected chi connectivity index (χ4v) is 4.70. The van der Waals surface area contributed by atoms with Gasteiger partial charge in [-0.1, -0.05) is 60.3 Å². The average molecular weight is 407 g/mol. The third-order valence-corrected chi connectivity index (χ3v) is 6.69. The Morgan fingerprint density at radius 3 is 2.76 bits per heavy atom. The molecular formula is C23H26N4OS. The van der Waals surface area contributed by atoms with Crippen LogP contribution in [0.25, 0.3) is 11.4 Å². The second-order valence-corrected chi connectivity index (χ2v) is 8.90. The summed E-state index contributed by atoms with van der Waals surface area (Å²) < 4.78 is 1.96. The van der Waals surface area contributed by atoms with Crippen LogP contribution in [0.3, 0.4) is 0 Å². The summed E-state index contributed by atoms with van der Waals surface area (Å²) >= 11 is 1.45. The van der Waals surface area contributed by atoms with E-state index in [1.807, 2.05) is 42.8 Å². The highest BCUT2D eigenvalue weighted by molar-refractivity contribution is 8.00. The SMILES string of the molecule is Cc1ccccc1-c1nnc(S[C@H](C)C(=O)N[C@H]2CCCc3ccccc32)n1C. The van der Waals surface area contributed by atoms with Crippen molar-refractivity contribution in [3.8, 4) is 11.4 Å². The molecule has 2 atom stereocenters. The summed E-state index contributed by atoms with van der Waals surface area (Å²) in [4.78, 5) is 12.9. The Morgan fingerprint density at radius 2 is 1.93 bits per heavy atom.